The standard InChI is InChI=1S/C7H8N4O.C7H10N2O.C6H7N5.C5H7N3O.3CH4/c1-4-9-6-5(7(12)10-4)8-3-11(6)2;1-5-4-9(3)6(2)8-7(5)10;1-11-3-10-4-5(7)8-2-9-6(4)11;1-8-3-2-4(6)7-5(8)9;;;/h3H,1-2H3,(H,9,10,12);4H,2H2,1,3H3,(H,8,10);2-3H,1H3,(H2,7,8,9);2-3H,1H3,(H2,6,7,9);3*1H4. The SMILES string of the molecule is C.C.C.C=C1NC(=O)C(C)=CN1C.Cc1nc2c(ncn2C)c(=O)[nH]1.Cn1ccc(N)nc1=O.Cn1cnc2c(N)ncnc21. The van der Waals surface area contributed by atoms with E-state index in [0.29, 0.717) is 39.7 Å². The first-order valence-electron chi connectivity index (χ1n) is 12.2. The molecule has 0 fully saturated rings. The summed E-state index contributed by atoms with van der Waals surface area (Å²) in [6, 6.07) is 1.57. The van der Waals surface area contributed by atoms with Gasteiger partial charge in [-0.1, -0.05) is 28.9 Å². The number of nitrogens with one attached hydrogen (secondary N) is 2. The first kappa shape index (κ1) is 39.1. The minimum absolute atomic E-state index is 0. The highest BCUT2D eigenvalue weighted by atomic mass is 16.2. The minimum Gasteiger partial charge on any atom is -0.383 e. The summed E-state index contributed by atoms with van der Waals surface area (Å²) in [4.78, 5) is 60.5. The molecule has 45 heavy (non-hydrogen) atoms. The van der Waals surface area contributed by atoms with E-state index in [9.17, 15) is 14.4 Å². The lowest BCUT2D eigenvalue weighted by atomic mass is 10.2. The summed E-state index contributed by atoms with van der Waals surface area (Å²) in [7, 11) is 7.13. The lowest BCUT2D eigenvalue weighted by Gasteiger charge is -2.23. The van der Waals surface area contributed by atoms with Crippen molar-refractivity contribution in [3.05, 3.63) is 82.1 Å². The summed E-state index contributed by atoms with van der Waals surface area (Å²) in [5.41, 5.74) is 13.4. The number of aromatic amines is 1. The van der Waals surface area contributed by atoms with Gasteiger partial charge in [0.15, 0.2) is 22.6 Å². The molecule has 0 atom stereocenters. The third-order valence-corrected chi connectivity index (χ3v) is 5.64. The number of rotatable bonds is 0. The van der Waals surface area contributed by atoms with Crippen molar-refractivity contribution < 1.29 is 4.79 Å². The third kappa shape index (κ3) is 9.84. The molecule has 6 N–H and O–H groups in total. The highest BCUT2D eigenvalue weighted by molar-refractivity contribution is 5.94. The first-order chi connectivity index (χ1) is 19.8. The van der Waals surface area contributed by atoms with Crippen molar-refractivity contribution in [3.63, 3.8) is 0 Å². The van der Waals surface area contributed by atoms with E-state index in [1.807, 2.05) is 14.1 Å². The van der Waals surface area contributed by atoms with Crippen LogP contribution in [0.2, 0.25) is 0 Å². The van der Waals surface area contributed by atoms with Crippen LogP contribution in [0.5, 0.6) is 0 Å². The van der Waals surface area contributed by atoms with Gasteiger partial charge in [0.25, 0.3) is 11.5 Å². The van der Waals surface area contributed by atoms with E-state index in [0.717, 1.165) is 5.65 Å². The fourth-order valence-corrected chi connectivity index (χ4v) is 3.31. The van der Waals surface area contributed by atoms with Gasteiger partial charge in [-0.25, -0.2) is 29.7 Å². The van der Waals surface area contributed by atoms with E-state index in [4.69, 9.17) is 11.5 Å². The fourth-order valence-electron chi connectivity index (χ4n) is 3.31. The maximum atomic E-state index is 11.2. The van der Waals surface area contributed by atoms with E-state index in [2.05, 4.69) is 46.8 Å². The van der Waals surface area contributed by atoms with Crippen LogP contribution >= 0.6 is 0 Å². The highest BCUT2D eigenvalue weighted by Crippen LogP contribution is 2.12. The second-order valence-electron chi connectivity index (χ2n) is 9.04. The fraction of sp³-hybridized carbons (Fsp3) is 0.321. The maximum Gasteiger partial charge on any atom is 0.349 e. The topological polar surface area (TPSA) is 226 Å². The molecule has 244 valence electrons. The molecule has 1 aliphatic rings. The Bertz CT molecular complexity index is 1900. The average molecular weight is 625 g/mol. The average Bonchev–Trinajstić information content (AvgIpc) is 3.50. The number of aromatic nitrogens is 10. The molecular weight excluding hydrogens is 580 g/mol. The number of carbonyl (C=O) groups excluding carboxylic acids is 1. The van der Waals surface area contributed by atoms with Crippen LogP contribution in [0.15, 0.2) is 65.0 Å². The van der Waals surface area contributed by atoms with Crippen molar-refractivity contribution in [2.75, 3.05) is 18.5 Å². The Kier molecular flexibility index (Phi) is 14.5. The zero-order valence-electron chi connectivity index (χ0n) is 24.0. The molecule has 0 saturated carbocycles. The summed E-state index contributed by atoms with van der Waals surface area (Å²) in [6.07, 6.45) is 7.99. The van der Waals surface area contributed by atoms with Gasteiger partial charge in [-0.15, -0.1) is 0 Å². The minimum atomic E-state index is -0.324. The highest BCUT2D eigenvalue weighted by Gasteiger charge is 2.13. The molecule has 6 heterocycles. The van der Waals surface area contributed by atoms with Crippen LogP contribution < -0.4 is 28.0 Å². The second kappa shape index (κ2) is 16.7. The summed E-state index contributed by atoms with van der Waals surface area (Å²) in [6.45, 7) is 7.14. The van der Waals surface area contributed by atoms with E-state index in [1.54, 1.807) is 73.1 Å². The smallest absolute Gasteiger partial charge is 0.349 e. The Morgan fingerprint density at radius 2 is 1.40 bits per heavy atom. The number of fused-ring (bicyclic) bond motifs is 2. The molecular formula is C28H44N14O3. The molecule has 17 heteroatoms. The number of imidazole rings is 2. The number of hydrogen-bond acceptors (Lipinski definition) is 12. The predicted octanol–water partition coefficient (Wildman–Crippen LogP) is 1.60. The van der Waals surface area contributed by atoms with E-state index in [1.165, 1.54) is 10.9 Å². The quantitative estimate of drug-likeness (QED) is 0.193. The third-order valence-electron chi connectivity index (χ3n) is 5.64. The van der Waals surface area contributed by atoms with Crippen LogP contribution in [0.25, 0.3) is 22.3 Å². The van der Waals surface area contributed by atoms with Crippen molar-refractivity contribution in [1.82, 2.24) is 58.8 Å². The Morgan fingerprint density at radius 3 is 1.96 bits per heavy atom. The van der Waals surface area contributed by atoms with Crippen LogP contribution in [-0.2, 0) is 25.9 Å². The Labute approximate surface area is 261 Å². The normalized spacial score (nSPS) is 11.5. The molecule has 5 aromatic heterocycles. The summed E-state index contributed by atoms with van der Waals surface area (Å²) in [5.74, 6) is 1.85. The summed E-state index contributed by atoms with van der Waals surface area (Å²) < 4.78 is 4.88. The van der Waals surface area contributed by atoms with Gasteiger partial charge < -0.3 is 40.4 Å². The molecule has 0 aromatic carbocycles. The molecule has 0 aliphatic carbocycles. The number of nitrogens with zero attached hydrogens (tertiary/aromatic N) is 10. The Balaban J connectivity index is 0.000000564. The van der Waals surface area contributed by atoms with E-state index >= 15 is 0 Å². The Hall–Kier alpha value is -5.87. The summed E-state index contributed by atoms with van der Waals surface area (Å²) in [5, 5.41) is 2.60. The number of aryl methyl sites for hydroxylation is 4. The molecule has 0 radical (unpaired) electrons. The van der Waals surface area contributed by atoms with Crippen molar-refractivity contribution >= 4 is 39.9 Å². The summed E-state index contributed by atoms with van der Waals surface area (Å²) >= 11 is 0. The van der Waals surface area contributed by atoms with E-state index in [-0.39, 0.29) is 45.3 Å². The number of H-pyrrole nitrogens is 1. The number of hydrogen-bond donors (Lipinski definition) is 4. The molecule has 0 saturated heterocycles. The predicted molar refractivity (Wildman–Crippen MR) is 177 cm³/mol. The van der Waals surface area contributed by atoms with Gasteiger partial charge in [-0.3, -0.25) is 9.59 Å². The van der Waals surface area contributed by atoms with Crippen molar-refractivity contribution in [2.45, 2.75) is 36.1 Å². The van der Waals surface area contributed by atoms with Gasteiger partial charge in [-0.05, 0) is 19.9 Å². The second-order valence-corrected chi connectivity index (χ2v) is 9.04. The molecule has 1 amide bonds. The van der Waals surface area contributed by atoms with Gasteiger partial charge in [0.2, 0.25) is 0 Å². The van der Waals surface area contributed by atoms with Crippen molar-refractivity contribution in [1.29, 1.82) is 0 Å². The molecule has 17 nitrogen and oxygen atoms in total. The first-order valence-corrected chi connectivity index (χ1v) is 12.2. The van der Waals surface area contributed by atoms with Crippen molar-refractivity contribution in [3.8, 4) is 0 Å². The number of carbonyl (C=O) groups is 1. The van der Waals surface area contributed by atoms with Crippen LogP contribution in [0.4, 0.5) is 11.6 Å². The van der Waals surface area contributed by atoms with Gasteiger partial charge in [0, 0.05) is 46.2 Å². The van der Waals surface area contributed by atoms with Crippen molar-refractivity contribution in [2.24, 2.45) is 21.1 Å². The number of nitrogens with two attached hydrogens (primary N) is 2. The molecule has 5 aromatic rings. The molecule has 0 bridgehead atoms. The number of nitrogen functional groups attached to an aromatic ring is 2. The van der Waals surface area contributed by atoms with E-state index < -0.39 is 0 Å². The number of amides is 1. The van der Waals surface area contributed by atoms with Gasteiger partial charge >= 0.3 is 5.69 Å². The maximum absolute atomic E-state index is 11.2. The molecule has 0 spiro atoms. The van der Waals surface area contributed by atoms with Gasteiger partial charge in [0.05, 0.1) is 12.7 Å². The monoisotopic (exact) mass is 624 g/mol. The zero-order chi connectivity index (χ0) is 31.1. The van der Waals surface area contributed by atoms with Crippen LogP contribution in [0.3, 0.4) is 0 Å². The number of anilines is 2. The molecule has 6 rings (SSSR count). The lowest BCUT2D eigenvalue weighted by molar-refractivity contribution is -0.117. The van der Waals surface area contributed by atoms with Crippen LogP contribution in [-0.4, -0.2) is 66.4 Å². The lowest BCUT2D eigenvalue weighted by Crippen LogP contribution is -2.35. The van der Waals surface area contributed by atoms with Gasteiger partial charge in [-0.2, -0.15) is 4.98 Å². The van der Waals surface area contributed by atoms with Crippen LogP contribution in [0, 0.1) is 6.92 Å². The molecule has 0 unspecified atom stereocenters. The van der Waals surface area contributed by atoms with Gasteiger partial charge in [0.1, 0.15) is 29.3 Å². The zero-order valence-corrected chi connectivity index (χ0v) is 24.0. The molecule has 1 aliphatic heterocycles. The largest absolute Gasteiger partial charge is 0.383 e. The van der Waals surface area contributed by atoms with Crippen LogP contribution in [0.1, 0.15) is 35.0 Å². The Morgan fingerprint density at radius 1 is 0.800 bits per heavy atom.